The molecule has 1 aliphatic heterocycles. The highest BCUT2D eigenvalue weighted by molar-refractivity contribution is 6.37. The summed E-state index contributed by atoms with van der Waals surface area (Å²) in [6.45, 7) is 0.151. The van der Waals surface area contributed by atoms with Gasteiger partial charge in [-0.1, -0.05) is 34.8 Å². The van der Waals surface area contributed by atoms with E-state index in [-0.39, 0.29) is 38.8 Å². The van der Waals surface area contributed by atoms with Gasteiger partial charge in [-0.3, -0.25) is 4.99 Å². The van der Waals surface area contributed by atoms with Gasteiger partial charge >= 0.3 is 6.18 Å². The molecule has 1 N–H and O–H groups in total. The number of aromatic hydroxyl groups is 1. The Labute approximate surface area is 170 Å². The van der Waals surface area contributed by atoms with Crippen molar-refractivity contribution < 1.29 is 18.3 Å². The maximum atomic E-state index is 13.0. The molecule has 1 aromatic carbocycles. The molecule has 0 bridgehead atoms. The number of aliphatic imine (C=N–C) groups is 2. The molecule has 1 aliphatic rings. The maximum Gasteiger partial charge on any atom is 0.417 e. The number of phenols is 1. The molecule has 0 unspecified atom stereocenters. The molecule has 0 fully saturated rings. The van der Waals surface area contributed by atoms with Crippen molar-refractivity contribution in [1.29, 1.82) is 0 Å². The predicted molar refractivity (Wildman–Crippen MR) is 101 cm³/mol. The van der Waals surface area contributed by atoms with E-state index in [9.17, 15) is 18.3 Å². The number of halogens is 6. The predicted octanol–water partition coefficient (Wildman–Crippen LogP) is 5.27. The molecule has 0 aliphatic carbocycles. The normalized spacial score (nSPS) is 14.5. The Morgan fingerprint density at radius 1 is 1.00 bits per heavy atom. The van der Waals surface area contributed by atoms with E-state index < -0.39 is 11.7 Å². The molecule has 0 saturated heterocycles. The fraction of sp³-hybridized carbons (Fsp3) is 0.118. The van der Waals surface area contributed by atoms with E-state index in [0.29, 0.717) is 17.0 Å². The van der Waals surface area contributed by atoms with Crippen LogP contribution in [0, 0.1) is 0 Å². The number of hydrogen-bond acceptors (Lipinski definition) is 4. The number of pyridine rings is 1. The fourth-order valence-corrected chi connectivity index (χ4v) is 3.35. The number of phenolic OH excluding ortho intramolecular Hbond substituents is 1. The third-order valence-electron chi connectivity index (χ3n) is 4.03. The van der Waals surface area contributed by atoms with Crippen molar-refractivity contribution in [1.82, 2.24) is 9.38 Å². The van der Waals surface area contributed by atoms with Crippen LogP contribution >= 0.6 is 34.8 Å². The molecule has 0 saturated carbocycles. The Balaban J connectivity index is 1.73. The van der Waals surface area contributed by atoms with Crippen molar-refractivity contribution in [2.75, 3.05) is 6.54 Å². The number of benzene rings is 1. The van der Waals surface area contributed by atoms with E-state index in [1.807, 2.05) is 0 Å². The number of aromatic nitrogens is 2. The van der Waals surface area contributed by atoms with Crippen molar-refractivity contribution in [3.8, 4) is 5.75 Å². The largest absolute Gasteiger partial charge is 0.506 e. The van der Waals surface area contributed by atoms with Gasteiger partial charge in [-0.2, -0.15) is 13.2 Å². The van der Waals surface area contributed by atoms with Gasteiger partial charge in [0.15, 0.2) is 11.5 Å². The SMILES string of the molecule is Oc1cc(Cl)c(C2=NCC(c3cn4cc(C(F)(F)F)cc(Cl)c4n3)=N2)cc1Cl. The van der Waals surface area contributed by atoms with Gasteiger partial charge in [0.2, 0.25) is 0 Å². The molecule has 0 spiro atoms. The fourth-order valence-electron chi connectivity index (χ4n) is 2.69. The van der Waals surface area contributed by atoms with Crippen LogP contribution in [0.5, 0.6) is 5.75 Å². The molecular formula is C17H8Cl3F3N4O. The molecule has 4 rings (SSSR count). The average Bonchev–Trinajstić information content (AvgIpc) is 3.24. The van der Waals surface area contributed by atoms with Gasteiger partial charge in [0.05, 0.1) is 32.9 Å². The summed E-state index contributed by atoms with van der Waals surface area (Å²) in [6, 6.07) is 3.53. The molecule has 3 aromatic rings. The smallest absolute Gasteiger partial charge is 0.417 e. The first kappa shape index (κ1) is 19.0. The molecule has 11 heteroatoms. The van der Waals surface area contributed by atoms with Crippen molar-refractivity contribution in [3.63, 3.8) is 0 Å². The van der Waals surface area contributed by atoms with Crippen LogP contribution in [0.25, 0.3) is 5.65 Å². The average molecular weight is 448 g/mol. The summed E-state index contributed by atoms with van der Waals surface area (Å²) in [4.78, 5) is 12.9. The molecule has 28 heavy (non-hydrogen) atoms. The lowest BCUT2D eigenvalue weighted by molar-refractivity contribution is -0.137. The van der Waals surface area contributed by atoms with Crippen LogP contribution in [0.15, 0.2) is 40.6 Å². The summed E-state index contributed by atoms with van der Waals surface area (Å²) in [7, 11) is 0. The van der Waals surface area contributed by atoms with Crippen LogP contribution in [0.4, 0.5) is 13.2 Å². The first-order chi connectivity index (χ1) is 13.1. The Morgan fingerprint density at radius 3 is 2.46 bits per heavy atom. The van der Waals surface area contributed by atoms with Crippen molar-refractivity contribution in [3.05, 3.63) is 62.5 Å². The number of imidazole rings is 1. The van der Waals surface area contributed by atoms with Gasteiger partial charge in [0, 0.05) is 24.0 Å². The minimum atomic E-state index is -4.53. The van der Waals surface area contributed by atoms with E-state index >= 15 is 0 Å². The highest BCUT2D eigenvalue weighted by Crippen LogP contribution is 2.33. The standard InChI is InChI=1S/C17H8Cl3F3N4O/c18-9-3-14(28)10(19)2-8(9)15-24-4-12(25-15)13-6-27-5-7(17(21,22)23)1-11(20)16(27)26-13/h1-3,5-6,28H,4H2. The van der Waals surface area contributed by atoms with Crippen molar-refractivity contribution in [2.45, 2.75) is 6.18 Å². The van der Waals surface area contributed by atoms with Gasteiger partial charge in [-0.15, -0.1) is 0 Å². The van der Waals surface area contributed by atoms with Gasteiger partial charge in [-0.05, 0) is 12.1 Å². The third-order valence-corrected chi connectivity index (χ3v) is 4.92. The van der Waals surface area contributed by atoms with E-state index in [0.717, 1.165) is 12.3 Å². The van der Waals surface area contributed by atoms with Gasteiger partial charge in [0.25, 0.3) is 0 Å². The topological polar surface area (TPSA) is 62.2 Å². The lowest BCUT2D eigenvalue weighted by atomic mass is 10.2. The van der Waals surface area contributed by atoms with Gasteiger partial charge < -0.3 is 9.51 Å². The molecule has 0 amide bonds. The first-order valence-corrected chi connectivity index (χ1v) is 8.83. The Kier molecular flexibility index (Phi) is 4.52. The monoisotopic (exact) mass is 446 g/mol. The summed E-state index contributed by atoms with van der Waals surface area (Å²) >= 11 is 18.0. The van der Waals surface area contributed by atoms with Crippen LogP contribution in [0.1, 0.15) is 16.8 Å². The summed E-state index contributed by atoms with van der Waals surface area (Å²) in [5.41, 5.74) is 0.474. The Hall–Kier alpha value is -2.29. The molecule has 144 valence electrons. The van der Waals surface area contributed by atoms with Gasteiger partial charge in [0.1, 0.15) is 11.4 Å². The summed E-state index contributed by atoms with van der Waals surface area (Å²) in [5, 5.41) is 9.75. The number of alkyl halides is 3. The minimum absolute atomic E-state index is 0.0879. The second-order valence-corrected chi connectivity index (χ2v) is 7.13. The van der Waals surface area contributed by atoms with Crippen LogP contribution in [-0.4, -0.2) is 32.6 Å². The zero-order valence-corrected chi connectivity index (χ0v) is 15.9. The zero-order chi connectivity index (χ0) is 20.2. The summed E-state index contributed by atoms with van der Waals surface area (Å²) < 4.78 is 40.1. The maximum absolute atomic E-state index is 13.0. The first-order valence-electron chi connectivity index (χ1n) is 7.69. The van der Waals surface area contributed by atoms with Crippen LogP contribution in [0.3, 0.4) is 0 Å². The highest BCUT2D eigenvalue weighted by atomic mass is 35.5. The van der Waals surface area contributed by atoms with Crippen LogP contribution in [0.2, 0.25) is 15.1 Å². The molecule has 3 heterocycles. The molecule has 0 atom stereocenters. The third kappa shape index (κ3) is 3.32. The number of rotatable bonds is 2. The van der Waals surface area contributed by atoms with Crippen molar-refractivity contribution in [2.24, 2.45) is 9.98 Å². The second-order valence-electron chi connectivity index (χ2n) is 5.91. The quantitative estimate of drug-likeness (QED) is 0.582. The van der Waals surface area contributed by atoms with E-state index in [1.54, 1.807) is 0 Å². The van der Waals surface area contributed by atoms with Crippen molar-refractivity contribution >= 4 is 52.0 Å². The summed E-state index contributed by atoms with van der Waals surface area (Å²) in [5.74, 6) is 0.106. The number of nitrogens with zero attached hydrogens (tertiary/aromatic N) is 4. The van der Waals surface area contributed by atoms with E-state index in [1.165, 1.54) is 22.7 Å². The number of amidine groups is 1. The van der Waals surface area contributed by atoms with Crippen LogP contribution < -0.4 is 0 Å². The Bertz CT molecular complexity index is 1180. The molecule has 0 radical (unpaired) electrons. The molecule has 2 aromatic heterocycles. The summed E-state index contributed by atoms with van der Waals surface area (Å²) in [6.07, 6.45) is -2.22. The van der Waals surface area contributed by atoms with Gasteiger partial charge in [-0.25, -0.2) is 9.98 Å². The Morgan fingerprint density at radius 2 is 1.75 bits per heavy atom. The minimum Gasteiger partial charge on any atom is -0.506 e. The lowest BCUT2D eigenvalue weighted by Gasteiger charge is -2.07. The molecule has 5 nitrogen and oxygen atoms in total. The zero-order valence-electron chi connectivity index (χ0n) is 13.6. The number of hydrogen-bond donors (Lipinski definition) is 1. The van der Waals surface area contributed by atoms with E-state index in [2.05, 4.69) is 15.0 Å². The second kappa shape index (κ2) is 6.65. The lowest BCUT2D eigenvalue weighted by Crippen LogP contribution is -2.06. The highest BCUT2D eigenvalue weighted by Gasteiger charge is 2.32. The number of fused-ring (bicyclic) bond motifs is 1. The van der Waals surface area contributed by atoms with Crippen LogP contribution in [-0.2, 0) is 6.18 Å². The molecular weight excluding hydrogens is 440 g/mol. The van der Waals surface area contributed by atoms with E-state index in [4.69, 9.17) is 34.8 Å².